The average molecular weight is 446 g/mol. The number of ether oxygens (including phenoxy) is 1. The van der Waals surface area contributed by atoms with Gasteiger partial charge in [-0.1, -0.05) is 0 Å². The van der Waals surface area contributed by atoms with Crippen LogP contribution >= 0.6 is 12.4 Å². The van der Waals surface area contributed by atoms with Gasteiger partial charge in [-0.15, -0.1) is 12.4 Å². The van der Waals surface area contributed by atoms with Crippen molar-refractivity contribution in [2.24, 2.45) is 5.92 Å². The smallest absolute Gasteiger partial charge is 0.261 e. The van der Waals surface area contributed by atoms with E-state index in [1.54, 1.807) is 34.9 Å². The molecule has 2 heterocycles. The third-order valence-electron chi connectivity index (χ3n) is 5.89. The van der Waals surface area contributed by atoms with Gasteiger partial charge in [0.15, 0.2) is 0 Å². The number of hydrogen-bond acceptors (Lipinski definition) is 4. The average Bonchev–Trinajstić information content (AvgIpc) is 2.73. The van der Waals surface area contributed by atoms with Crippen molar-refractivity contribution in [2.45, 2.75) is 46.2 Å². The van der Waals surface area contributed by atoms with Crippen LogP contribution in [0, 0.1) is 18.7 Å². The zero-order valence-electron chi connectivity index (χ0n) is 18.2. The summed E-state index contributed by atoms with van der Waals surface area (Å²) in [5.74, 6) is 1.91. The SMILES string of the molecule is Cc1nc2ccc(Oc3ccc(F)cc3)cc2c(=O)n1C[C@H]1CCCN(C(C)C)C1.Cl. The Morgan fingerprint density at radius 2 is 1.87 bits per heavy atom. The maximum atomic E-state index is 13.3. The van der Waals surface area contributed by atoms with E-state index in [0.717, 1.165) is 31.8 Å². The molecule has 166 valence electrons. The van der Waals surface area contributed by atoms with E-state index < -0.39 is 0 Å². The Morgan fingerprint density at radius 3 is 2.58 bits per heavy atom. The van der Waals surface area contributed by atoms with E-state index >= 15 is 0 Å². The molecule has 1 aliphatic heterocycles. The second-order valence-electron chi connectivity index (χ2n) is 8.41. The highest BCUT2D eigenvalue weighted by atomic mass is 35.5. The lowest BCUT2D eigenvalue weighted by atomic mass is 9.96. The van der Waals surface area contributed by atoms with Crippen LogP contribution in [-0.2, 0) is 6.54 Å². The minimum atomic E-state index is -0.317. The summed E-state index contributed by atoms with van der Waals surface area (Å²) in [6, 6.07) is 11.6. The summed E-state index contributed by atoms with van der Waals surface area (Å²) in [6.07, 6.45) is 2.29. The standard InChI is InChI=1S/C24H28FN3O2.ClH/c1-16(2)27-12-4-5-18(14-27)15-28-17(3)26-23-11-10-21(13-22(23)24(28)29)30-20-8-6-19(25)7-9-20;/h6-11,13,16,18H,4-5,12,14-15H2,1-3H3;1H/t18-;/m0./s1. The van der Waals surface area contributed by atoms with E-state index in [2.05, 4.69) is 23.7 Å². The first-order chi connectivity index (χ1) is 14.4. The van der Waals surface area contributed by atoms with Crippen LogP contribution in [0.3, 0.4) is 0 Å². The van der Waals surface area contributed by atoms with Gasteiger partial charge in [0.25, 0.3) is 5.56 Å². The lowest BCUT2D eigenvalue weighted by Gasteiger charge is -2.35. The van der Waals surface area contributed by atoms with Gasteiger partial charge >= 0.3 is 0 Å². The Bertz CT molecular complexity index is 1100. The van der Waals surface area contributed by atoms with E-state index in [9.17, 15) is 9.18 Å². The number of halogens is 2. The molecule has 0 aliphatic carbocycles. The van der Waals surface area contributed by atoms with E-state index in [-0.39, 0.29) is 23.8 Å². The van der Waals surface area contributed by atoms with Crippen molar-refractivity contribution in [3.8, 4) is 11.5 Å². The number of fused-ring (bicyclic) bond motifs is 1. The van der Waals surface area contributed by atoms with Crippen LogP contribution in [0.25, 0.3) is 10.9 Å². The van der Waals surface area contributed by atoms with Crippen LogP contribution in [-0.4, -0.2) is 33.6 Å². The Hall–Kier alpha value is -2.44. The first-order valence-electron chi connectivity index (χ1n) is 10.6. The first kappa shape index (κ1) is 23.2. The Morgan fingerprint density at radius 1 is 1.16 bits per heavy atom. The number of likely N-dealkylation sites (tertiary alicyclic amines) is 1. The molecule has 0 spiro atoms. The quantitative estimate of drug-likeness (QED) is 0.543. The summed E-state index contributed by atoms with van der Waals surface area (Å²) in [5.41, 5.74) is 0.622. The molecule has 0 radical (unpaired) electrons. The number of piperidine rings is 1. The first-order valence-corrected chi connectivity index (χ1v) is 10.6. The number of aromatic nitrogens is 2. The molecule has 0 saturated carbocycles. The summed E-state index contributed by atoms with van der Waals surface area (Å²) >= 11 is 0. The van der Waals surface area contributed by atoms with Crippen molar-refractivity contribution in [3.63, 3.8) is 0 Å². The largest absolute Gasteiger partial charge is 0.457 e. The molecule has 0 unspecified atom stereocenters. The molecular formula is C24H29ClFN3O2. The minimum Gasteiger partial charge on any atom is -0.457 e. The third-order valence-corrected chi connectivity index (χ3v) is 5.89. The van der Waals surface area contributed by atoms with Gasteiger partial charge in [0, 0.05) is 19.1 Å². The molecule has 0 N–H and O–H groups in total. The molecule has 5 nitrogen and oxygen atoms in total. The zero-order chi connectivity index (χ0) is 21.3. The van der Waals surface area contributed by atoms with Gasteiger partial charge in [-0.3, -0.25) is 9.36 Å². The normalized spacial score (nSPS) is 17.0. The molecule has 0 bridgehead atoms. The summed E-state index contributed by atoms with van der Waals surface area (Å²) < 4.78 is 20.7. The van der Waals surface area contributed by atoms with Gasteiger partial charge in [-0.05, 0) is 88.5 Å². The highest BCUT2D eigenvalue weighted by molar-refractivity contribution is 5.85. The second-order valence-corrected chi connectivity index (χ2v) is 8.41. The molecule has 1 aromatic heterocycles. The fourth-order valence-electron chi connectivity index (χ4n) is 4.20. The van der Waals surface area contributed by atoms with Gasteiger partial charge in [-0.2, -0.15) is 0 Å². The summed E-state index contributed by atoms with van der Waals surface area (Å²) in [5, 5.41) is 0.539. The van der Waals surface area contributed by atoms with Crippen LogP contribution in [0.4, 0.5) is 4.39 Å². The highest BCUT2D eigenvalue weighted by Crippen LogP contribution is 2.25. The van der Waals surface area contributed by atoms with Crippen molar-refractivity contribution >= 4 is 23.3 Å². The van der Waals surface area contributed by atoms with Gasteiger partial charge in [0.05, 0.1) is 10.9 Å². The maximum Gasteiger partial charge on any atom is 0.261 e. The predicted octanol–water partition coefficient (Wildman–Crippen LogP) is 5.18. The van der Waals surface area contributed by atoms with Crippen LogP contribution in [0.5, 0.6) is 11.5 Å². The molecule has 0 amide bonds. The fraction of sp³-hybridized carbons (Fsp3) is 0.417. The van der Waals surface area contributed by atoms with Crippen molar-refractivity contribution in [1.82, 2.24) is 14.5 Å². The molecule has 3 aromatic rings. The fourth-order valence-corrected chi connectivity index (χ4v) is 4.20. The number of aryl methyl sites for hydroxylation is 1. The van der Waals surface area contributed by atoms with Crippen molar-refractivity contribution in [1.29, 1.82) is 0 Å². The van der Waals surface area contributed by atoms with Gasteiger partial charge in [0.1, 0.15) is 23.1 Å². The number of rotatable bonds is 5. The van der Waals surface area contributed by atoms with Crippen LogP contribution in [0.15, 0.2) is 47.3 Å². The summed E-state index contributed by atoms with van der Waals surface area (Å²) in [4.78, 5) is 20.4. The van der Waals surface area contributed by atoms with E-state index in [1.165, 1.54) is 12.1 Å². The minimum absolute atomic E-state index is 0. The Labute approximate surface area is 188 Å². The molecule has 4 rings (SSSR count). The molecule has 1 atom stereocenters. The lowest BCUT2D eigenvalue weighted by molar-refractivity contribution is 0.129. The molecule has 7 heteroatoms. The monoisotopic (exact) mass is 445 g/mol. The van der Waals surface area contributed by atoms with Gasteiger partial charge < -0.3 is 9.64 Å². The molecule has 1 saturated heterocycles. The van der Waals surface area contributed by atoms with Crippen LogP contribution in [0.1, 0.15) is 32.5 Å². The molecule has 1 aliphatic rings. The van der Waals surface area contributed by atoms with E-state index in [4.69, 9.17) is 4.74 Å². The van der Waals surface area contributed by atoms with Crippen molar-refractivity contribution in [2.75, 3.05) is 13.1 Å². The predicted molar refractivity (Wildman–Crippen MR) is 124 cm³/mol. The van der Waals surface area contributed by atoms with Crippen LogP contribution in [0.2, 0.25) is 0 Å². The summed E-state index contributed by atoms with van der Waals surface area (Å²) in [7, 11) is 0. The lowest BCUT2D eigenvalue weighted by Crippen LogP contribution is -2.42. The maximum absolute atomic E-state index is 13.3. The Balaban J connectivity index is 0.00000272. The van der Waals surface area contributed by atoms with Crippen molar-refractivity contribution < 1.29 is 9.13 Å². The van der Waals surface area contributed by atoms with Crippen molar-refractivity contribution in [3.05, 3.63) is 64.5 Å². The zero-order valence-corrected chi connectivity index (χ0v) is 19.0. The number of nitrogens with zero attached hydrogens (tertiary/aromatic N) is 3. The molecule has 1 fully saturated rings. The number of hydrogen-bond donors (Lipinski definition) is 0. The number of benzene rings is 2. The summed E-state index contributed by atoms with van der Waals surface area (Å²) in [6.45, 7) is 9.16. The molecule has 2 aromatic carbocycles. The Kier molecular flexibility index (Phi) is 7.34. The molecule has 31 heavy (non-hydrogen) atoms. The van der Waals surface area contributed by atoms with Crippen LogP contribution < -0.4 is 10.3 Å². The van der Waals surface area contributed by atoms with Gasteiger partial charge in [0.2, 0.25) is 0 Å². The topological polar surface area (TPSA) is 47.4 Å². The van der Waals surface area contributed by atoms with E-state index in [0.29, 0.717) is 40.9 Å². The highest BCUT2D eigenvalue weighted by Gasteiger charge is 2.23. The second kappa shape index (κ2) is 9.79. The van der Waals surface area contributed by atoms with Gasteiger partial charge in [-0.25, -0.2) is 9.37 Å². The van der Waals surface area contributed by atoms with E-state index in [1.807, 2.05) is 6.92 Å². The molecular weight excluding hydrogens is 417 g/mol. The third kappa shape index (κ3) is 5.25.